The van der Waals surface area contributed by atoms with Gasteiger partial charge in [-0.25, -0.2) is 0 Å². The van der Waals surface area contributed by atoms with Crippen molar-refractivity contribution in [3.8, 4) is 0 Å². The number of aryl methyl sites for hydroxylation is 1. The topological polar surface area (TPSA) is 13.1 Å². The normalized spacial score (nSPS) is 20.3. The van der Waals surface area contributed by atoms with Crippen LogP contribution in [0.5, 0.6) is 0 Å². The molecule has 3 aromatic rings. The predicted octanol–water partition coefficient (Wildman–Crippen LogP) is 3.81. The molecule has 2 heteroatoms. The minimum absolute atomic E-state index is 0.464. The largest absolute Gasteiger partial charge is 0.465 e. The first-order valence-corrected chi connectivity index (χ1v) is 10.3. The van der Waals surface area contributed by atoms with Crippen molar-refractivity contribution in [3.05, 3.63) is 89.4 Å². The molecule has 0 aliphatic carbocycles. The Morgan fingerprint density at radius 2 is 1.39 bits per heavy atom. The molecule has 2 aliphatic rings. The van der Waals surface area contributed by atoms with E-state index in [1.807, 2.05) is 0 Å². The van der Waals surface area contributed by atoms with E-state index in [1.165, 1.54) is 27.3 Å². The molecule has 2 aromatic carbocycles. The molecule has 0 fully saturated rings. The molecule has 3 heterocycles. The number of allylic oxidation sites excluding steroid dienone is 1. The van der Waals surface area contributed by atoms with Gasteiger partial charge in [-0.1, -0.05) is 66.2 Å². The third-order valence-corrected chi connectivity index (χ3v) is 11.0. The zero-order valence-corrected chi connectivity index (χ0v) is 14.3. The summed E-state index contributed by atoms with van der Waals surface area (Å²) < 4.78 is 6.14. The zero-order valence-electron chi connectivity index (χ0n) is 13.3. The van der Waals surface area contributed by atoms with Crippen LogP contribution in [0.15, 0.2) is 76.7 Å². The van der Waals surface area contributed by atoms with E-state index in [4.69, 9.17) is 4.42 Å². The molecule has 2 bridgehead atoms. The summed E-state index contributed by atoms with van der Waals surface area (Å²) in [5.74, 6) is 2.25. The van der Waals surface area contributed by atoms with E-state index in [0.717, 1.165) is 5.76 Å². The first-order chi connectivity index (χ1) is 11.2. The number of hydrogen-bond acceptors (Lipinski definition) is 1. The van der Waals surface area contributed by atoms with Crippen LogP contribution in [0.1, 0.15) is 29.5 Å². The molecule has 0 saturated heterocycles. The summed E-state index contributed by atoms with van der Waals surface area (Å²) >= 11 is 0. The fourth-order valence-electron chi connectivity index (χ4n) is 4.80. The second kappa shape index (κ2) is 4.36. The highest BCUT2D eigenvalue weighted by Gasteiger charge is 2.64. The van der Waals surface area contributed by atoms with Gasteiger partial charge >= 0.3 is 0 Å². The second-order valence-electron chi connectivity index (χ2n) is 6.67. The first-order valence-electron chi connectivity index (χ1n) is 8.17. The summed E-state index contributed by atoms with van der Waals surface area (Å²) in [6, 6.07) is 24.4. The van der Waals surface area contributed by atoms with Gasteiger partial charge in [0.2, 0.25) is 0 Å². The fraction of sp³-hybridized carbons (Fsp3) is 0.143. The molecule has 1 atom stereocenters. The Hall–Kier alpha value is -2.32. The van der Waals surface area contributed by atoms with Crippen LogP contribution in [0.4, 0.5) is 0 Å². The Labute approximate surface area is 137 Å². The Kier molecular flexibility index (Phi) is 2.49. The molecule has 2 aliphatic heterocycles. The molecule has 0 amide bonds. The van der Waals surface area contributed by atoms with Crippen LogP contribution in [0.25, 0.3) is 5.20 Å². The van der Waals surface area contributed by atoms with E-state index in [9.17, 15) is 0 Å². The summed E-state index contributed by atoms with van der Waals surface area (Å²) in [6.07, 6.45) is 0. The predicted molar refractivity (Wildman–Crippen MR) is 96.7 cm³/mol. The molecule has 5 rings (SSSR count). The average molecular weight is 314 g/mol. The lowest BCUT2D eigenvalue weighted by atomic mass is 10.2. The van der Waals surface area contributed by atoms with E-state index in [-0.39, 0.29) is 0 Å². The van der Waals surface area contributed by atoms with Crippen LogP contribution in [0.3, 0.4) is 0 Å². The number of furan rings is 1. The minimum atomic E-state index is -1.94. The monoisotopic (exact) mass is 314 g/mol. The Bertz CT molecular complexity index is 895. The zero-order chi connectivity index (χ0) is 15.6. The summed E-state index contributed by atoms with van der Waals surface area (Å²) in [4.78, 5) is 0. The van der Waals surface area contributed by atoms with Crippen molar-refractivity contribution in [2.45, 2.75) is 19.4 Å². The van der Waals surface area contributed by atoms with E-state index in [1.54, 1.807) is 5.20 Å². The van der Waals surface area contributed by atoms with Crippen molar-refractivity contribution in [1.82, 2.24) is 0 Å². The summed E-state index contributed by atoms with van der Waals surface area (Å²) in [5, 5.41) is 4.59. The van der Waals surface area contributed by atoms with E-state index < -0.39 is 8.07 Å². The first kappa shape index (κ1) is 13.1. The standard InChI is InChI=1S/C21H18OSi/c1-14-13-18-19(22-14)21-15(2)20(18)23(21,16-9-5-3-6-10-16)17-11-7-4-8-12-17/h3-13,21H,1-2H3. The average Bonchev–Trinajstić information content (AvgIpc) is 3.16. The maximum absolute atomic E-state index is 6.14. The lowest BCUT2D eigenvalue weighted by Crippen LogP contribution is -2.66. The van der Waals surface area contributed by atoms with Gasteiger partial charge < -0.3 is 4.42 Å². The number of benzene rings is 2. The van der Waals surface area contributed by atoms with Crippen molar-refractivity contribution < 1.29 is 4.42 Å². The lowest BCUT2D eigenvalue weighted by molar-refractivity contribution is 0.488. The second-order valence-corrected chi connectivity index (χ2v) is 10.5. The van der Waals surface area contributed by atoms with Gasteiger partial charge in [0, 0.05) is 11.1 Å². The highest BCUT2D eigenvalue weighted by molar-refractivity contribution is 7.20. The molecule has 1 unspecified atom stereocenters. The van der Waals surface area contributed by atoms with Gasteiger partial charge in [0.15, 0.2) is 8.07 Å². The number of fused-ring (bicyclic) bond motifs is 5. The van der Waals surface area contributed by atoms with Crippen molar-refractivity contribution in [1.29, 1.82) is 0 Å². The highest BCUT2D eigenvalue weighted by atomic mass is 28.3. The van der Waals surface area contributed by atoms with Crippen molar-refractivity contribution in [2.75, 3.05) is 0 Å². The van der Waals surface area contributed by atoms with Crippen molar-refractivity contribution in [2.24, 2.45) is 0 Å². The summed E-state index contributed by atoms with van der Waals surface area (Å²) in [7, 11) is -1.94. The van der Waals surface area contributed by atoms with Gasteiger partial charge in [0.05, 0.1) is 0 Å². The molecule has 1 aromatic heterocycles. The smallest absolute Gasteiger partial charge is 0.163 e. The third kappa shape index (κ3) is 1.43. The SMILES string of the molecule is CC1=C2c3cc(C)oc3C1[Si]2(c1ccccc1)c1ccccc1. The lowest BCUT2D eigenvalue weighted by Gasteiger charge is -2.45. The summed E-state index contributed by atoms with van der Waals surface area (Å²) in [5.41, 5.74) is 3.37. The van der Waals surface area contributed by atoms with Crippen LogP contribution in [-0.2, 0) is 0 Å². The maximum Gasteiger partial charge on any atom is 0.163 e. The molecule has 112 valence electrons. The van der Waals surface area contributed by atoms with Crippen molar-refractivity contribution >= 4 is 23.6 Å². The molecule has 0 radical (unpaired) electrons. The Balaban J connectivity index is 1.83. The van der Waals surface area contributed by atoms with Crippen LogP contribution < -0.4 is 10.4 Å². The maximum atomic E-state index is 6.14. The Morgan fingerprint density at radius 1 is 0.826 bits per heavy atom. The summed E-state index contributed by atoms with van der Waals surface area (Å²) in [6.45, 7) is 4.35. The van der Waals surface area contributed by atoms with Crippen LogP contribution in [0.2, 0.25) is 0 Å². The van der Waals surface area contributed by atoms with Gasteiger partial charge in [-0.2, -0.15) is 0 Å². The van der Waals surface area contributed by atoms with E-state index >= 15 is 0 Å². The van der Waals surface area contributed by atoms with Crippen molar-refractivity contribution in [3.63, 3.8) is 0 Å². The molecule has 23 heavy (non-hydrogen) atoms. The number of rotatable bonds is 2. The van der Waals surface area contributed by atoms with Gasteiger partial charge in [-0.15, -0.1) is 0 Å². The fourth-order valence-corrected chi connectivity index (χ4v) is 10.7. The molecular weight excluding hydrogens is 296 g/mol. The van der Waals surface area contributed by atoms with Crippen LogP contribution >= 0.6 is 0 Å². The molecular formula is C21H18OSi. The third-order valence-electron chi connectivity index (χ3n) is 5.53. The van der Waals surface area contributed by atoms with Crippen LogP contribution in [0, 0.1) is 6.92 Å². The molecule has 0 saturated carbocycles. The Morgan fingerprint density at radius 3 is 1.91 bits per heavy atom. The number of hydrogen-bond donors (Lipinski definition) is 0. The van der Waals surface area contributed by atoms with Gasteiger partial charge in [-0.3, -0.25) is 0 Å². The van der Waals surface area contributed by atoms with E-state index in [2.05, 4.69) is 80.6 Å². The molecule has 0 N–H and O–H groups in total. The highest BCUT2D eigenvalue weighted by Crippen LogP contribution is 2.61. The molecule has 1 nitrogen and oxygen atoms in total. The van der Waals surface area contributed by atoms with E-state index in [0.29, 0.717) is 5.54 Å². The minimum Gasteiger partial charge on any atom is -0.465 e. The van der Waals surface area contributed by atoms with Gasteiger partial charge in [0.25, 0.3) is 0 Å². The van der Waals surface area contributed by atoms with Gasteiger partial charge in [0.1, 0.15) is 11.5 Å². The van der Waals surface area contributed by atoms with Crippen LogP contribution in [-0.4, -0.2) is 8.07 Å². The molecule has 0 spiro atoms. The quantitative estimate of drug-likeness (QED) is 0.656. The van der Waals surface area contributed by atoms with Gasteiger partial charge in [-0.05, 0) is 35.5 Å².